The van der Waals surface area contributed by atoms with E-state index in [1.54, 1.807) is 14.0 Å². The van der Waals surface area contributed by atoms with Gasteiger partial charge in [-0.15, -0.1) is 0 Å². The van der Waals surface area contributed by atoms with Gasteiger partial charge >= 0.3 is 0 Å². The number of nitrogens with one attached hydrogen (secondary N) is 1. The Kier molecular flexibility index (Phi) is 6.44. The number of nitrogens with two attached hydrogens (primary N) is 1. The molecule has 0 radical (unpaired) electrons. The Balaban J connectivity index is 4.21. The van der Waals surface area contributed by atoms with E-state index in [1.165, 1.54) is 0 Å². The zero-order valence-corrected chi connectivity index (χ0v) is 9.36. The Morgan fingerprint density at radius 2 is 2.27 bits per heavy atom. The summed E-state index contributed by atoms with van der Waals surface area (Å²) in [5, 5.41) is 13.9. The first-order valence-corrected chi connectivity index (χ1v) is 4.83. The minimum Gasteiger partial charge on any atom is -0.409 e. The summed E-state index contributed by atoms with van der Waals surface area (Å²) in [6.45, 7) is 3.97. The van der Waals surface area contributed by atoms with Gasteiger partial charge in [-0.2, -0.15) is 0 Å². The minimum atomic E-state index is -0.638. The Bertz CT molecular complexity index is 231. The lowest BCUT2D eigenvalue weighted by Crippen LogP contribution is -2.44. The molecular weight excluding hydrogens is 198 g/mol. The van der Waals surface area contributed by atoms with Crippen LogP contribution in [0.1, 0.15) is 20.3 Å². The van der Waals surface area contributed by atoms with Gasteiger partial charge < -0.3 is 21.0 Å². The highest BCUT2D eigenvalue weighted by atomic mass is 16.5. The van der Waals surface area contributed by atoms with E-state index in [9.17, 15) is 4.79 Å². The van der Waals surface area contributed by atoms with Crippen molar-refractivity contribution < 1.29 is 14.7 Å². The monoisotopic (exact) mass is 217 g/mol. The molecule has 0 aliphatic rings. The zero-order valence-electron chi connectivity index (χ0n) is 9.36. The van der Waals surface area contributed by atoms with Crippen LogP contribution in [0.15, 0.2) is 5.16 Å². The number of hydrogen-bond donors (Lipinski definition) is 3. The molecule has 0 bridgehead atoms. The van der Waals surface area contributed by atoms with E-state index in [0.717, 1.165) is 6.42 Å². The number of carbonyl (C=O) groups is 1. The third-order valence-corrected chi connectivity index (χ3v) is 2.16. The van der Waals surface area contributed by atoms with Gasteiger partial charge in [0.1, 0.15) is 0 Å². The van der Waals surface area contributed by atoms with Crippen LogP contribution in [0, 0.1) is 5.92 Å². The second kappa shape index (κ2) is 7.05. The standard InChI is InChI=1S/C9H19N3O3/c1-4-7(5-15-3)11-9(13)6(2)8(10)12-14/h6-7,14H,4-5H2,1-3H3,(H2,10,12)(H,11,13). The van der Waals surface area contributed by atoms with Crippen LogP contribution in [0.3, 0.4) is 0 Å². The first-order chi connectivity index (χ1) is 7.06. The van der Waals surface area contributed by atoms with Crippen LogP contribution in [0.2, 0.25) is 0 Å². The number of methoxy groups -OCH3 is 1. The number of amidine groups is 1. The van der Waals surface area contributed by atoms with Crippen LogP contribution in [-0.4, -0.2) is 36.7 Å². The normalized spacial score (nSPS) is 15.8. The van der Waals surface area contributed by atoms with E-state index < -0.39 is 5.92 Å². The molecule has 0 fully saturated rings. The largest absolute Gasteiger partial charge is 0.409 e. The molecule has 88 valence electrons. The Morgan fingerprint density at radius 1 is 1.67 bits per heavy atom. The summed E-state index contributed by atoms with van der Waals surface area (Å²) in [4.78, 5) is 11.5. The van der Waals surface area contributed by atoms with Gasteiger partial charge in [-0.25, -0.2) is 0 Å². The highest BCUT2D eigenvalue weighted by molar-refractivity contribution is 6.01. The van der Waals surface area contributed by atoms with Crippen molar-refractivity contribution in [2.24, 2.45) is 16.8 Å². The Morgan fingerprint density at radius 3 is 2.67 bits per heavy atom. The van der Waals surface area contributed by atoms with Gasteiger partial charge in [0.05, 0.1) is 18.6 Å². The predicted octanol–water partition coefficient (Wildman–Crippen LogP) is -0.0899. The molecule has 0 aromatic heterocycles. The highest BCUT2D eigenvalue weighted by Gasteiger charge is 2.19. The molecule has 0 aliphatic carbocycles. The van der Waals surface area contributed by atoms with Gasteiger partial charge in [-0.1, -0.05) is 12.1 Å². The average molecular weight is 217 g/mol. The molecule has 0 aromatic carbocycles. The molecule has 0 spiro atoms. The van der Waals surface area contributed by atoms with Crippen LogP contribution >= 0.6 is 0 Å². The predicted molar refractivity (Wildman–Crippen MR) is 56.7 cm³/mol. The van der Waals surface area contributed by atoms with Gasteiger partial charge in [0.2, 0.25) is 5.91 Å². The fraction of sp³-hybridized carbons (Fsp3) is 0.778. The first kappa shape index (κ1) is 13.7. The van der Waals surface area contributed by atoms with Gasteiger partial charge in [0, 0.05) is 7.11 Å². The van der Waals surface area contributed by atoms with Crippen molar-refractivity contribution in [3.8, 4) is 0 Å². The molecule has 0 heterocycles. The molecular formula is C9H19N3O3. The topological polar surface area (TPSA) is 96.9 Å². The molecule has 0 aliphatic heterocycles. The van der Waals surface area contributed by atoms with Gasteiger partial charge in [0.25, 0.3) is 0 Å². The summed E-state index contributed by atoms with van der Waals surface area (Å²) >= 11 is 0. The van der Waals surface area contributed by atoms with Crippen molar-refractivity contribution in [1.29, 1.82) is 0 Å². The molecule has 1 amide bonds. The van der Waals surface area contributed by atoms with Crippen LogP contribution in [0.5, 0.6) is 0 Å². The summed E-state index contributed by atoms with van der Waals surface area (Å²) in [7, 11) is 1.57. The Labute approximate surface area is 89.5 Å². The molecule has 0 aromatic rings. The fourth-order valence-electron chi connectivity index (χ4n) is 1.01. The molecule has 6 heteroatoms. The zero-order chi connectivity index (χ0) is 11.8. The summed E-state index contributed by atoms with van der Waals surface area (Å²) in [6.07, 6.45) is 0.766. The SMILES string of the molecule is CCC(COC)NC(=O)C(C)C(N)=NO. The van der Waals surface area contributed by atoms with Gasteiger partial charge in [-0.3, -0.25) is 4.79 Å². The van der Waals surface area contributed by atoms with Crippen molar-refractivity contribution in [1.82, 2.24) is 5.32 Å². The number of oxime groups is 1. The number of amides is 1. The average Bonchev–Trinajstić information content (AvgIpc) is 2.26. The Hall–Kier alpha value is -1.30. The second-order valence-electron chi connectivity index (χ2n) is 3.32. The molecule has 2 unspecified atom stereocenters. The molecule has 0 rings (SSSR count). The number of rotatable bonds is 6. The number of carbonyl (C=O) groups excluding carboxylic acids is 1. The molecule has 0 saturated carbocycles. The van der Waals surface area contributed by atoms with Crippen molar-refractivity contribution in [3.05, 3.63) is 0 Å². The van der Waals surface area contributed by atoms with Crippen LogP contribution < -0.4 is 11.1 Å². The molecule has 4 N–H and O–H groups in total. The molecule has 15 heavy (non-hydrogen) atoms. The van der Waals surface area contributed by atoms with Gasteiger partial charge in [0.15, 0.2) is 5.84 Å². The lowest BCUT2D eigenvalue weighted by atomic mass is 10.1. The lowest BCUT2D eigenvalue weighted by molar-refractivity contribution is -0.123. The quantitative estimate of drug-likeness (QED) is 0.251. The van der Waals surface area contributed by atoms with Crippen molar-refractivity contribution >= 4 is 11.7 Å². The van der Waals surface area contributed by atoms with E-state index >= 15 is 0 Å². The summed E-state index contributed by atoms with van der Waals surface area (Å²) in [5.41, 5.74) is 5.32. The van der Waals surface area contributed by atoms with Crippen LogP contribution in [0.25, 0.3) is 0 Å². The van der Waals surface area contributed by atoms with E-state index in [0.29, 0.717) is 6.61 Å². The smallest absolute Gasteiger partial charge is 0.230 e. The molecule has 6 nitrogen and oxygen atoms in total. The number of hydrogen-bond acceptors (Lipinski definition) is 4. The third-order valence-electron chi connectivity index (χ3n) is 2.16. The maximum absolute atomic E-state index is 11.5. The first-order valence-electron chi connectivity index (χ1n) is 4.83. The minimum absolute atomic E-state index is 0.0450. The van der Waals surface area contributed by atoms with Crippen molar-refractivity contribution in [3.63, 3.8) is 0 Å². The number of nitrogens with zero attached hydrogens (tertiary/aromatic N) is 1. The molecule has 0 saturated heterocycles. The van der Waals surface area contributed by atoms with E-state index in [-0.39, 0.29) is 17.8 Å². The molecule has 2 atom stereocenters. The van der Waals surface area contributed by atoms with Crippen LogP contribution in [0.4, 0.5) is 0 Å². The fourth-order valence-corrected chi connectivity index (χ4v) is 1.01. The van der Waals surface area contributed by atoms with E-state index in [1.807, 2.05) is 6.92 Å². The van der Waals surface area contributed by atoms with Crippen molar-refractivity contribution in [2.45, 2.75) is 26.3 Å². The van der Waals surface area contributed by atoms with Gasteiger partial charge in [-0.05, 0) is 13.3 Å². The van der Waals surface area contributed by atoms with Crippen LogP contribution in [-0.2, 0) is 9.53 Å². The third kappa shape index (κ3) is 4.64. The summed E-state index contributed by atoms with van der Waals surface area (Å²) in [5.74, 6) is -1.00. The van der Waals surface area contributed by atoms with E-state index in [4.69, 9.17) is 15.7 Å². The second-order valence-corrected chi connectivity index (χ2v) is 3.32. The number of ether oxygens (including phenoxy) is 1. The summed E-state index contributed by atoms with van der Waals surface area (Å²) in [6, 6.07) is -0.0450. The van der Waals surface area contributed by atoms with Crippen molar-refractivity contribution in [2.75, 3.05) is 13.7 Å². The lowest BCUT2D eigenvalue weighted by Gasteiger charge is -2.18. The maximum atomic E-state index is 11.5. The van der Waals surface area contributed by atoms with E-state index in [2.05, 4.69) is 10.5 Å². The highest BCUT2D eigenvalue weighted by Crippen LogP contribution is 1.98. The maximum Gasteiger partial charge on any atom is 0.230 e. The summed E-state index contributed by atoms with van der Waals surface area (Å²) < 4.78 is 4.94.